The maximum Gasteiger partial charge on any atom is 0.151 e. The van der Waals surface area contributed by atoms with Crippen LogP contribution in [0, 0.1) is 37.0 Å². The summed E-state index contributed by atoms with van der Waals surface area (Å²) in [6.45, 7) is -0.259. The number of aliphatic hydroxyl groups excluding tert-OH is 2. The zero-order valence-electron chi connectivity index (χ0n) is 24.1. The van der Waals surface area contributed by atoms with Gasteiger partial charge in [-0.25, -0.2) is 0 Å². The first kappa shape index (κ1) is 31.5. The predicted molar refractivity (Wildman–Crippen MR) is 176 cm³/mol. The van der Waals surface area contributed by atoms with Crippen molar-refractivity contribution in [3.05, 3.63) is 142 Å². The third-order valence-corrected chi connectivity index (χ3v) is 7.19. The fourth-order valence-electron chi connectivity index (χ4n) is 4.80. The smallest absolute Gasteiger partial charge is 0.151 e. The monoisotopic (exact) mass is 579 g/mol. The molecule has 3 atom stereocenters. The van der Waals surface area contributed by atoms with Crippen molar-refractivity contribution < 1.29 is 14.9 Å². The van der Waals surface area contributed by atoms with Crippen LogP contribution in [0.25, 0.3) is 0 Å². The molecule has 218 valence electrons. The number of hydrogen-bond acceptors (Lipinski definition) is 6. The molecule has 0 saturated carbocycles. The Hall–Kier alpha value is -5.42. The van der Waals surface area contributed by atoms with Gasteiger partial charge in [-0.2, -0.15) is 5.10 Å². The van der Waals surface area contributed by atoms with Crippen molar-refractivity contribution in [2.24, 2.45) is 15.9 Å². The van der Waals surface area contributed by atoms with E-state index in [4.69, 9.17) is 29.8 Å². The highest BCUT2D eigenvalue weighted by Gasteiger charge is 2.32. The lowest BCUT2D eigenvalue weighted by atomic mass is 9.84. The summed E-state index contributed by atoms with van der Waals surface area (Å²) < 4.78 is 5.52. The molecule has 0 spiro atoms. The fourth-order valence-corrected chi connectivity index (χ4v) is 4.80. The summed E-state index contributed by atoms with van der Waals surface area (Å²) in [6.07, 6.45) is 16.1. The van der Waals surface area contributed by atoms with Crippen molar-refractivity contribution in [1.82, 2.24) is 0 Å². The van der Waals surface area contributed by atoms with E-state index >= 15 is 0 Å². The van der Waals surface area contributed by atoms with Crippen molar-refractivity contribution in [1.29, 1.82) is 0 Å². The quantitative estimate of drug-likeness (QED) is 0.0972. The van der Waals surface area contributed by atoms with Crippen LogP contribution in [0.15, 0.2) is 113 Å². The molecule has 0 aliphatic carbocycles. The van der Waals surface area contributed by atoms with E-state index < -0.39 is 18.4 Å². The summed E-state index contributed by atoms with van der Waals surface area (Å²) in [5.74, 6) is 13.5. The van der Waals surface area contributed by atoms with Gasteiger partial charge in [0, 0.05) is 34.6 Å². The molecule has 4 aromatic carbocycles. The van der Waals surface area contributed by atoms with Crippen LogP contribution >= 0.6 is 0 Å². The molecular formula is C38H33N3O3. The summed E-state index contributed by atoms with van der Waals surface area (Å²) in [4.78, 5) is 4.34. The van der Waals surface area contributed by atoms with E-state index in [-0.39, 0.29) is 12.5 Å². The third-order valence-electron chi connectivity index (χ3n) is 7.19. The molecule has 0 bridgehead atoms. The topological polar surface area (TPSA) is 100 Å². The van der Waals surface area contributed by atoms with E-state index in [2.05, 4.69) is 27.9 Å². The van der Waals surface area contributed by atoms with Crippen molar-refractivity contribution in [2.75, 3.05) is 6.61 Å². The van der Waals surface area contributed by atoms with Crippen molar-refractivity contribution in [2.45, 2.75) is 30.8 Å². The Morgan fingerprint density at radius 3 is 1.68 bits per heavy atom. The number of benzene rings is 4. The standard InChI is InChI=1S/C30H27N3O3.C8H6/c1-3-20-5-9-23(10-6-20)30(24-11-7-21(4-2)8-12-24)25-15-13-22(14-16-25)26(33-31)18-32-29-17-27(35)28(19-34)36-29;1-2-8-6-4-3-5-7-8/h1-2,5-16,18,27-30,34-35H,17,19,31H2;1,3-7H/b32-18+,33-26+;. The highest BCUT2D eigenvalue weighted by atomic mass is 16.5. The van der Waals surface area contributed by atoms with Crippen LogP contribution in [0.1, 0.15) is 51.3 Å². The Bertz CT molecular complexity index is 1630. The molecule has 3 unspecified atom stereocenters. The molecule has 0 amide bonds. The molecule has 4 aromatic rings. The van der Waals surface area contributed by atoms with Gasteiger partial charge in [-0.05, 0) is 53.1 Å². The first-order valence-corrected chi connectivity index (χ1v) is 14.0. The van der Waals surface area contributed by atoms with E-state index in [9.17, 15) is 10.2 Å². The SMILES string of the molecule is C#Cc1ccc(C(c2ccc(C#C)cc2)c2ccc(C(/C=N/C3CC(O)C(CO)O3)=N/N)cc2)cc1.C#Cc1ccccc1. The number of aliphatic hydroxyl groups is 2. The van der Waals surface area contributed by atoms with E-state index in [1.165, 1.54) is 6.21 Å². The normalized spacial score (nSPS) is 17.7. The third kappa shape index (κ3) is 8.11. The van der Waals surface area contributed by atoms with Gasteiger partial charge in [0.15, 0.2) is 6.23 Å². The number of aliphatic imine (C=N–C) groups is 1. The summed E-state index contributed by atoms with van der Waals surface area (Å²) in [5, 5.41) is 23.0. The van der Waals surface area contributed by atoms with E-state index in [0.717, 1.165) is 38.9 Å². The molecule has 1 aliphatic heterocycles. The summed E-state index contributed by atoms with van der Waals surface area (Å²) in [6, 6.07) is 33.4. The molecule has 4 N–H and O–H groups in total. The maximum absolute atomic E-state index is 9.89. The van der Waals surface area contributed by atoms with Crippen molar-refractivity contribution >= 4 is 11.9 Å². The van der Waals surface area contributed by atoms with Gasteiger partial charge in [0.25, 0.3) is 0 Å². The molecule has 1 saturated heterocycles. The number of terminal acetylenes is 3. The molecule has 44 heavy (non-hydrogen) atoms. The molecule has 0 aromatic heterocycles. The van der Waals surface area contributed by atoms with E-state index in [0.29, 0.717) is 12.1 Å². The number of nitrogens with two attached hydrogens (primary N) is 1. The second kappa shape index (κ2) is 15.7. The number of nitrogens with zero attached hydrogens (tertiary/aromatic N) is 2. The molecule has 1 aliphatic rings. The minimum absolute atomic E-state index is 0.0339. The Labute approximate surface area is 259 Å². The van der Waals surface area contributed by atoms with Crippen LogP contribution in [0.5, 0.6) is 0 Å². The second-order valence-corrected chi connectivity index (χ2v) is 10.0. The van der Waals surface area contributed by atoms with Gasteiger partial charge in [0.05, 0.1) is 18.9 Å². The van der Waals surface area contributed by atoms with Gasteiger partial charge >= 0.3 is 0 Å². The van der Waals surface area contributed by atoms with Crippen molar-refractivity contribution in [3.63, 3.8) is 0 Å². The van der Waals surface area contributed by atoms with E-state index in [1.807, 2.05) is 103 Å². The molecular weight excluding hydrogens is 546 g/mol. The van der Waals surface area contributed by atoms with Gasteiger partial charge in [-0.1, -0.05) is 84.5 Å². The lowest BCUT2D eigenvalue weighted by molar-refractivity contribution is -0.0192. The van der Waals surface area contributed by atoms with Crippen LogP contribution in [-0.4, -0.2) is 47.2 Å². The number of hydrazone groups is 1. The van der Waals surface area contributed by atoms with Gasteiger partial charge in [-0.15, -0.1) is 19.3 Å². The Balaban J connectivity index is 0.000000479. The van der Waals surface area contributed by atoms with E-state index in [1.54, 1.807) is 0 Å². The minimum atomic E-state index is -0.754. The molecule has 6 nitrogen and oxygen atoms in total. The summed E-state index contributed by atoms with van der Waals surface area (Å²) >= 11 is 0. The summed E-state index contributed by atoms with van der Waals surface area (Å²) in [7, 11) is 0. The molecule has 0 radical (unpaired) electrons. The van der Waals surface area contributed by atoms with Crippen LogP contribution in [0.4, 0.5) is 0 Å². The fraction of sp³-hybridized carbons (Fsp3) is 0.158. The summed E-state index contributed by atoms with van der Waals surface area (Å²) in [5.41, 5.74) is 7.10. The van der Waals surface area contributed by atoms with Gasteiger partial charge in [0.1, 0.15) is 11.8 Å². The lowest BCUT2D eigenvalue weighted by Crippen LogP contribution is -2.24. The Morgan fingerprint density at radius 2 is 1.27 bits per heavy atom. The minimum Gasteiger partial charge on any atom is -0.394 e. The molecule has 1 fully saturated rings. The Kier molecular flexibility index (Phi) is 11.3. The van der Waals surface area contributed by atoms with Gasteiger partial charge < -0.3 is 20.8 Å². The maximum atomic E-state index is 9.89. The molecule has 1 heterocycles. The van der Waals surface area contributed by atoms with Gasteiger partial charge in [-0.3, -0.25) is 4.99 Å². The highest BCUT2D eigenvalue weighted by molar-refractivity contribution is 6.38. The first-order chi connectivity index (χ1) is 21.5. The number of rotatable bonds is 7. The zero-order valence-corrected chi connectivity index (χ0v) is 24.1. The average molecular weight is 580 g/mol. The lowest BCUT2D eigenvalue weighted by Gasteiger charge is -2.19. The predicted octanol–water partition coefficient (Wildman–Crippen LogP) is 4.70. The zero-order chi connectivity index (χ0) is 31.3. The molecule has 5 rings (SSSR count). The number of hydrogen-bond donors (Lipinski definition) is 3. The highest BCUT2D eigenvalue weighted by Crippen LogP contribution is 2.32. The van der Waals surface area contributed by atoms with Crippen LogP contribution in [0.2, 0.25) is 0 Å². The van der Waals surface area contributed by atoms with Gasteiger partial charge in [0.2, 0.25) is 0 Å². The first-order valence-electron chi connectivity index (χ1n) is 14.0. The van der Waals surface area contributed by atoms with Crippen molar-refractivity contribution in [3.8, 4) is 37.0 Å². The Morgan fingerprint density at radius 1 is 0.795 bits per heavy atom. The van der Waals surface area contributed by atoms with Crippen LogP contribution in [0.3, 0.4) is 0 Å². The number of ether oxygens (including phenoxy) is 1. The van der Waals surface area contributed by atoms with Crippen LogP contribution < -0.4 is 5.84 Å². The largest absolute Gasteiger partial charge is 0.394 e. The average Bonchev–Trinajstić information content (AvgIpc) is 3.46. The van der Waals surface area contributed by atoms with Crippen LogP contribution in [-0.2, 0) is 4.74 Å². The molecule has 6 heteroatoms. The second-order valence-electron chi connectivity index (χ2n) is 10.0.